The molecule has 0 radical (unpaired) electrons. The fourth-order valence-electron chi connectivity index (χ4n) is 1.20. The summed E-state index contributed by atoms with van der Waals surface area (Å²) in [6.07, 6.45) is 3.37. The van der Waals surface area contributed by atoms with Crippen molar-refractivity contribution in [3.63, 3.8) is 0 Å². The van der Waals surface area contributed by atoms with Gasteiger partial charge in [0.2, 0.25) is 0 Å². The maximum Gasteiger partial charge on any atom is 0.177 e. The quantitative estimate of drug-likeness (QED) is 0.752. The monoisotopic (exact) mass is 200 g/mol. The molecule has 0 amide bonds. The van der Waals surface area contributed by atoms with Crippen LogP contribution in [-0.2, 0) is 6.42 Å². The van der Waals surface area contributed by atoms with Gasteiger partial charge in [-0.3, -0.25) is 0 Å². The minimum Gasteiger partial charge on any atom is -0.383 e. The standard InChI is InChI=1S/C9H8N6/c10-4-3-7-6-13-15(9(7)11)8-2-1-5-12-14-8/h1-2,5-6H,3,11H2. The Hall–Kier alpha value is -2.42. The van der Waals surface area contributed by atoms with Crippen LogP contribution in [0, 0.1) is 11.3 Å². The van der Waals surface area contributed by atoms with Crippen molar-refractivity contribution in [2.75, 3.05) is 5.73 Å². The number of rotatable bonds is 2. The molecule has 0 aliphatic rings. The summed E-state index contributed by atoms with van der Waals surface area (Å²) in [4.78, 5) is 0. The summed E-state index contributed by atoms with van der Waals surface area (Å²) in [5.41, 5.74) is 6.50. The lowest BCUT2D eigenvalue weighted by molar-refractivity contribution is 0.822. The first-order valence-corrected chi connectivity index (χ1v) is 4.30. The van der Waals surface area contributed by atoms with Crippen LogP contribution >= 0.6 is 0 Å². The van der Waals surface area contributed by atoms with Gasteiger partial charge in [0.05, 0.1) is 18.7 Å². The largest absolute Gasteiger partial charge is 0.383 e. The summed E-state index contributed by atoms with van der Waals surface area (Å²) in [5.74, 6) is 0.969. The molecule has 74 valence electrons. The molecule has 0 aliphatic heterocycles. The molecule has 2 N–H and O–H groups in total. The fraction of sp³-hybridized carbons (Fsp3) is 0.111. The number of hydrogen-bond acceptors (Lipinski definition) is 5. The Morgan fingerprint density at radius 3 is 3.07 bits per heavy atom. The fourth-order valence-corrected chi connectivity index (χ4v) is 1.20. The molecule has 0 saturated heterocycles. The number of nitrogen functional groups attached to an aromatic ring is 1. The lowest BCUT2D eigenvalue weighted by Crippen LogP contribution is -2.05. The van der Waals surface area contributed by atoms with Crippen LogP contribution in [0.25, 0.3) is 5.82 Å². The van der Waals surface area contributed by atoms with Crippen molar-refractivity contribution < 1.29 is 0 Å². The first kappa shape index (κ1) is 9.15. The van der Waals surface area contributed by atoms with Gasteiger partial charge in [-0.2, -0.15) is 20.1 Å². The second kappa shape index (κ2) is 3.75. The maximum atomic E-state index is 8.55. The normalized spacial score (nSPS) is 9.80. The topological polar surface area (TPSA) is 93.4 Å². The number of anilines is 1. The van der Waals surface area contributed by atoms with Gasteiger partial charge in [-0.25, -0.2) is 0 Å². The summed E-state index contributed by atoms with van der Waals surface area (Å²) in [7, 11) is 0. The van der Waals surface area contributed by atoms with E-state index in [4.69, 9.17) is 11.0 Å². The molecule has 0 saturated carbocycles. The molecular weight excluding hydrogens is 192 g/mol. The number of hydrogen-bond donors (Lipinski definition) is 1. The minimum atomic E-state index is 0.242. The van der Waals surface area contributed by atoms with Crippen molar-refractivity contribution in [3.05, 3.63) is 30.1 Å². The SMILES string of the molecule is N#CCc1cnn(-c2cccnn2)c1N. The third-order valence-corrected chi connectivity index (χ3v) is 1.93. The first-order chi connectivity index (χ1) is 7.33. The highest BCUT2D eigenvalue weighted by Crippen LogP contribution is 2.14. The van der Waals surface area contributed by atoms with Crippen molar-refractivity contribution in [2.45, 2.75) is 6.42 Å². The van der Waals surface area contributed by atoms with E-state index in [0.717, 1.165) is 0 Å². The van der Waals surface area contributed by atoms with Gasteiger partial charge in [0.1, 0.15) is 5.82 Å². The minimum absolute atomic E-state index is 0.242. The molecule has 2 aromatic heterocycles. The zero-order valence-electron chi connectivity index (χ0n) is 7.83. The summed E-state index contributed by atoms with van der Waals surface area (Å²) >= 11 is 0. The van der Waals surface area contributed by atoms with Gasteiger partial charge in [-0.05, 0) is 12.1 Å². The molecule has 0 bridgehead atoms. The summed E-state index contributed by atoms with van der Waals surface area (Å²) in [6, 6.07) is 5.51. The van der Waals surface area contributed by atoms with Crippen LogP contribution < -0.4 is 5.73 Å². The van der Waals surface area contributed by atoms with Crippen molar-refractivity contribution >= 4 is 5.82 Å². The third kappa shape index (κ3) is 1.62. The van der Waals surface area contributed by atoms with Crippen LogP contribution in [-0.4, -0.2) is 20.0 Å². The lowest BCUT2D eigenvalue weighted by Gasteiger charge is -2.01. The van der Waals surface area contributed by atoms with Crippen LogP contribution in [0.15, 0.2) is 24.5 Å². The Bertz CT molecular complexity index is 495. The van der Waals surface area contributed by atoms with Gasteiger partial charge < -0.3 is 5.73 Å². The van der Waals surface area contributed by atoms with Crippen molar-refractivity contribution in [3.8, 4) is 11.9 Å². The summed E-state index contributed by atoms with van der Waals surface area (Å²) in [6.45, 7) is 0. The highest BCUT2D eigenvalue weighted by Gasteiger charge is 2.08. The van der Waals surface area contributed by atoms with E-state index in [9.17, 15) is 0 Å². The molecule has 0 atom stereocenters. The molecule has 6 nitrogen and oxygen atoms in total. The van der Waals surface area contributed by atoms with Gasteiger partial charge in [0.25, 0.3) is 0 Å². The predicted octanol–water partition coefficient (Wildman–Crippen LogP) is 0.311. The van der Waals surface area contributed by atoms with Crippen LogP contribution in [0.5, 0.6) is 0 Å². The van der Waals surface area contributed by atoms with Gasteiger partial charge >= 0.3 is 0 Å². The van der Waals surface area contributed by atoms with Crippen molar-refractivity contribution in [1.29, 1.82) is 5.26 Å². The maximum absolute atomic E-state index is 8.55. The molecule has 2 heterocycles. The van der Waals surface area contributed by atoms with E-state index in [0.29, 0.717) is 17.2 Å². The summed E-state index contributed by atoms with van der Waals surface area (Å²) in [5, 5.41) is 20.2. The molecular formula is C9H8N6. The molecule has 0 unspecified atom stereocenters. The van der Waals surface area contributed by atoms with E-state index in [-0.39, 0.29) is 6.42 Å². The zero-order valence-corrected chi connectivity index (χ0v) is 7.83. The molecule has 0 fully saturated rings. The molecule has 2 rings (SSSR count). The highest BCUT2D eigenvalue weighted by atomic mass is 15.4. The van der Waals surface area contributed by atoms with E-state index in [1.165, 1.54) is 4.68 Å². The van der Waals surface area contributed by atoms with Gasteiger partial charge in [0.15, 0.2) is 5.82 Å². The number of nitriles is 1. The van der Waals surface area contributed by atoms with E-state index in [1.807, 2.05) is 6.07 Å². The van der Waals surface area contributed by atoms with Gasteiger partial charge in [-0.1, -0.05) is 0 Å². The Morgan fingerprint density at radius 1 is 1.53 bits per heavy atom. The third-order valence-electron chi connectivity index (χ3n) is 1.93. The Morgan fingerprint density at radius 2 is 2.40 bits per heavy atom. The average Bonchev–Trinajstić information content (AvgIpc) is 2.63. The molecule has 6 heteroatoms. The molecule has 15 heavy (non-hydrogen) atoms. The van der Waals surface area contributed by atoms with Crippen LogP contribution in [0.3, 0.4) is 0 Å². The number of aromatic nitrogens is 4. The van der Waals surface area contributed by atoms with E-state index < -0.39 is 0 Å². The van der Waals surface area contributed by atoms with Crippen LogP contribution in [0.1, 0.15) is 5.56 Å². The zero-order chi connectivity index (χ0) is 10.7. The lowest BCUT2D eigenvalue weighted by atomic mass is 10.2. The second-order valence-electron chi connectivity index (χ2n) is 2.88. The molecule has 2 aromatic rings. The highest BCUT2D eigenvalue weighted by molar-refractivity contribution is 5.45. The van der Waals surface area contributed by atoms with Gasteiger partial charge in [0, 0.05) is 11.8 Å². The van der Waals surface area contributed by atoms with E-state index in [2.05, 4.69) is 15.3 Å². The van der Waals surface area contributed by atoms with E-state index >= 15 is 0 Å². The van der Waals surface area contributed by atoms with Crippen molar-refractivity contribution in [2.24, 2.45) is 0 Å². The summed E-state index contributed by atoms with van der Waals surface area (Å²) < 4.78 is 1.46. The number of nitrogens with zero attached hydrogens (tertiary/aromatic N) is 5. The van der Waals surface area contributed by atoms with E-state index in [1.54, 1.807) is 24.5 Å². The van der Waals surface area contributed by atoms with Gasteiger partial charge in [-0.15, -0.1) is 5.10 Å². The predicted molar refractivity (Wildman–Crippen MR) is 52.9 cm³/mol. The second-order valence-corrected chi connectivity index (χ2v) is 2.88. The first-order valence-electron chi connectivity index (χ1n) is 4.30. The smallest absolute Gasteiger partial charge is 0.177 e. The Kier molecular flexibility index (Phi) is 2.29. The van der Waals surface area contributed by atoms with Crippen molar-refractivity contribution in [1.82, 2.24) is 20.0 Å². The van der Waals surface area contributed by atoms with Crippen LogP contribution in [0.4, 0.5) is 5.82 Å². The average molecular weight is 200 g/mol. The van der Waals surface area contributed by atoms with Crippen LogP contribution in [0.2, 0.25) is 0 Å². The Labute approximate surface area is 86.0 Å². The number of nitrogens with two attached hydrogens (primary N) is 1. The molecule has 0 aromatic carbocycles. The Balaban J connectivity index is 2.43. The molecule has 0 spiro atoms. The molecule has 0 aliphatic carbocycles.